The lowest BCUT2D eigenvalue weighted by Gasteiger charge is -2.35. The molecule has 1 rings (SSSR count). The Morgan fingerprint density at radius 3 is 2.00 bits per heavy atom. The monoisotopic (exact) mass is 483 g/mol. The summed E-state index contributed by atoms with van der Waals surface area (Å²) in [5.41, 5.74) is 19.7. The molecule has 0 aromatic rings. The molecule has 0 unspecified atom stereocenters. The SMILES string of the molecule is C[C@]1(CN)CNCCNC[C@](CN)(NC(=O)CCCC(=O)NCCCN=[N+]=[N-])CNCCNC1. The zero-order valence-corrected chi connectivity index (χ0v) is 20.6. The van der Waals surface area contributed by atoms with E-state index in [9.17, 15) is 9.59 Å². The third-order valence-electron chi connectivity index (χ3n) is 5.90. The van der Waals surface area contributed by atoms with Crippen molar-refractivity contribution in [1.82, 2.24) is 31.9 Å². The maximum Gasteiger partial charge on any atom is 0.220 e. The second kappa shape index (κ2) is 17.4. The van der Waals surface area contributed by atoms with E-state index in [1.165, 1.54) is 0 Å². The highest BCUT2D eigenvalue weighted by molar-refractivity contribution is 5.79. The Morgan fingerprint density at radius 2 is 1.47 bits per heavy atom. The first-order valence-corrected chi connectivity index (χ1v) is 12.2. The fraction of sp³-hybridized carbons (Fsp3) is 0.905. The summed E-state index contributed by atoms with van der Waals surface area (Å²) in [6, 6.07) is 0. The average Bonchev–Trinajstić information content (AvgIpc) is 2.82. The van der Waals surface area contributed by atoms with Crippen LogP contribution in [0.3, 0.4) is 0 Å². The molecule has 1 aliphatic rings. The Labute approximate surface area is 202 Å². The van der Waals surface area contributed by atoms with Gasteiger partial charge >= 0.3 is 0 Å². The molecule has 13 heteroatoms. The molecule has 0 aromatic heterocycles. The van der Waals surface area contributed by atoms with Crippen LogP contribution in [-0.2, 0) is 9.59 Å². The predicted molar refractivity (Wildman–Crippen MR) is 134 cm³/mol. The van der Waals surface area contributed by atoms with E-state index < -0.39 is 5.54 Å². The van der Waals surface area contributed by atoms with E-state index in [1.54, 1.807) is 0 Å². The molecule has 1 heterocycles. The number of carbonyl (C=O) groups excluding carboxylic acids is 2. The summed E-state index contributed by atoms with van der Waals surface area (Å²) < 4.78 is 0. The molecule has 13 nitrogen and oxygen atoms in total. The Balaban J connectivity index is 2.47. The third-order valence-corrected chi connectivity index (χ3v) is 5.90. The highest BCUT2D eigenvalue weighted by Gasteiger charge is 2.30. The summed E-state index contributed by atoms with van der Waals surface area (Å²) in [6.45, 7) is 9.65. The lowest BCUT2D eigenvalue weighted by Crippen LogP contribution is -2.65. The molecule has 0 atom stereocenters. The molecule has 0 aliphatic carbocycles. The van der Waals surface area contributed by atoms with Gasteiger partial charge in [-0.3, -0.25) is 9.59 Å². The molecule has 0 radical (unpaired) electrons. The van der Waals surface area contributed by atoms with Crippen LogP contribution in [0, 0.1) is 5.41 Å². The van der Waals surface area contributed by atoms with E-state index in [0.29, 0.717) is 45.6 Å². The van der Waals surface area contributed by atoms with Crippen LogP contribution in [0.4, 0.5) is 0 Å². The van der Waals surface area contributed by atoms with Crippen LogP contribution in [0.2, 0.25) is 0 Å². The Hall–Kier alpha value is -1.99. The quantitative estimate of drug-likeness (QED) is 0.0720. The smallest absolute Gasteiger partial charge is 0.220 e. The number of rotatable bonds is 11. The van der Waals surface area contributed by atoms with Crippen LogP contribution < -0.4 is 43.4 Å². The molecule has 10 N–H and O–H groups in total. The summed E-state index contributed by atoms with van der Waals surface area (Å²) in [6.07, 6.45) is 1.55. The number of amides is 2. The van der Waals surface area contributed by atoms with Crippen molar-refractivity contribution in [3.63, 3.8) is 0 Å². The van der Waals surface area contributed by atoms with E-state index in [4.69, 9.17) is 17.0 Å². The Kier molecular flexibility index (Phi) is 15.4. The first kappa shape index (κ1) is 30.0. The van der Waals surface area contributed by atoms with Gasteiger partial charge in [-0.2, -0.15) is 0 Å². The Bertz CT molecular complexity index is 624. The first-order valence-electron chi connectivity index (χ1n) is 12.2. The number of hydrogen-bond donors (Lipinski definition) is 8. The van der Waals surface area contributed by atoms with Crippen LogP contribution >= 0.6 is 0 Å². The zero-order chi connectivity index (χ0) is 25.1. The molecule has 0 saturated carbocycles. The molecule has 2 amide bonds. The van der Waals surface area contributed by atoms with Gasteiger partial charge in [-0.25, -0.2) is 0 Å². The van der Waals surface area contributed by atoms with Crippen molar-refractivity contribution in [2.45, 2.75) is 38.1 Å². The molecule has 0 bridgehead atoms. The summed E-state index contributed by atoms with van der Waals surface area (Å²) in [7, 11) is 0. The van der Waals surface area contributed by atoms with Gasteiger partial charge in [-0.1, -0.05) is 12.0 Å². The van der Waals surface area contributed by atoms with Crippen LogP contribution in [-0.4, -0.2) is 95.9 Å². The molecule has 196 valence electrons. The average molecular weight is 484 g/mol. The third kappa shape index (κ3) is 13.0. The van der Waals surface area contributed by atoms with E-state index in [1.807, 2.05) is 0 Å². The molecular weight excluding hydrogens is 438 g/mol. The summed E-state index contributed by atoms with van der Waals surface area (Å²) in [5.74, 6) is -0.240. The zero-order valence-electron chi connectivity index (χ0n) is 20.6. The lowest BCUT2D eigenvalue weighted by molar-refractivity contribution is -0.123. The van der Waals surface area contributed by atoms with Crippen LogP contribution in [0.1, 0.15) is 32.6 Å². The van der Waals surface area contributed by atoms with Crippen molar-refractivity contribution in [2.24, 2.45) is 22.0 Å². The van der Waals surface area contributed by atoms with Crippen LogP contribution in [0.25, 0.3) is 10.4 Å². The maximum absolute atomic E-state index is 12.6. The fourth-order valence-electron chi connectivity index (χ4n) is 3.62. The number of hydrogen-bond acceptors (Lipinski definition) is 9. The van der Waals surface area contributed by atoms with Crippen molar-refractivity contribution in [2.75, 3.05) is 78.5 Å². The standard InChI is InChI=1S/C21H45N11O2/c1-20(12-22)14-25-8-10-27-16-21(13-23,17-28-11-9-26-15-20)31-19(34)5-2-4-18(33)29-6-3-7-30-32-24/h25-28H,2-17,22-23H2,1H3,(H,29,33)(H,31,34)/t20-,21-. The largest absolute Gasteiger partial charge is 0.356 e. The fourth-order valence-corrected chi connectivity index (χ4v) is 3.62. The van der Waals surface area contributed by atoms with Crippen LogP contribution in [0.5, 0.6) is 0 Å². The van der Waals surface area contributed by atoms with Gasteiger partial charge in [0.15, 0.2) is 0 Å². The number of nitrogens with one attached hydrogen (secondary N) is 6. The second-order valence-electron chi connectivity index (χ2n) is 9.27. The second-order valence-corrected chi connectivity index (χ2v) is 9.27. The first-order chi connectivity index (χ1) is 16.4. The van der Waals surface area contributed by atoms with Crippen molar-refractivity contribution in [3.05, 3.63) is 10.4 Å². The highest BCUT2D eigenvalue weighted by atomic mass is 16.2. The van der Waals surface area contributed by atoms with Crippen molar-refractivity contribution in [1.29, 1.82) is 0 Å². The van der Waals surface area contributed by atoms with E-state index in [-0.39, 0.29) is 36.6 Å². The van der Waals surface area contributed by atoms with E-state index >= 15 is 0 Å². The topological polar surface area (TPSA) is 207 Å². The van der Waals surface area contributed by atoms with E-state index in [0.717, 1.165) is 39.3 Å². The number of azide groups is 1. The molecule has 0 spiro atoms. The molecule has 1 aliphatic heterocycles. The van der Waals surface area contributed by atoms with Gasteiger partial charge in [0, 0.05) is 102 Å². The van der Waals surface area contributed by atoms with Crippen molar-refractivity contribution < 1.29 is 9.59 Å². The van der Waals surface area contributed by atoms with E-state index in [2.05, 4.69) is 48.9 Å². The maximum atomic E-state index is 12.6. The minimum Gasteiger partial charge on any atom is -0.356 e. The molecule has 1 fully saturated rings. The molecule has 0 aromatic carbocycles. The van der Waals surface area contributed by atoms with Gasteiger partial charge in [-0.15, -0.1) is 0 Å². The molecule has 1 saturated heterocycles. The van der Waals surface area contributed by atoms with Gasteiger partial charge in [-0.05, 0) is 18.4 Å². The van der Waals surface area contributed by atoms with Crippen LogP contribution in [0.15, 0.2) is 5.11 Å². The lowest BCUT2D eigenvalue weighted by atomic mass is 9.90. The molecular formula is C21H45N11O2. The molecule has 34 heavy (non-hydrogen) atoms. The van der Waals surface area contributed by atoms with Crippen molar-refractivity contribution >= 4 is 11.8 Å². The highest BCUT2D eigenvalue weighted by Crippen LogP contribution is 2.11. The summed E-state index contributed by atoms with van der Waals surface area (Å²) in [5, 5.41) is 23.0. The summed E-state index contributed by atoms with van der Waals surface area (Å²) >= 11 is 0. The Morgan fingerprint density at radius 1 is 0.912 bits per heavy atom. The van der Waals surface area contributed by atoms with Gasteiger partial charge in [0.05, 0.1) is 5.54 Å². The number of nitrogens with zero attached hydrogens (tertiary/aromatic N) is 3. The summed E-state index contributed by atoms with van der Waals surface area (Å²) in [4.78, 5) is 27.2. The number of carbonyl (C=O) groups is 2. The van der Waals surface area contributed by atoms with Gasteiger partial charge in [0.25, 0.3) is 0 Å². The van der Waals surface area contributed by atoms with Gasteiger partial charge < -0.3 is 43.4 Å². The van der Waals surface area contributed by atoms with Gasteiger partial charge in [0.1, 0.15) is 0 Å². The van der Waals surface area contributed by atoms with Gasteiger partial charge in [0.2, 0.25) is 11.8 Å². The predicted octanol–water partition coefficient (Wildman–Crippen LogP) is -1.88. The van der Waals surface area contributed by atoms with Crippen molar-refractivity contribution in [3.8, 4) is 0 Å². The number of nitrogens with two attached hydrogens (primary N) is 2. The normalized spacial score (nSPS) is 24.9. The minimum absolute atomic E-state index is 0.00194. The minimum atomic E-state index is -0.615.